The molecule has 0 aromatic carbocycles. The molecule has 0 radical (unpaired) electrons. The van der Waals surface area contributed by atoms with E-state index in [1.54, 1.807) is 11.3 Å². The molecule has 0 amide bonds. The van der Waals surface area contributed by atoms with Crippen molar-refractivity contribution in [1.29, 1.82) is 0 Å². The number of sulfonamides is 1. The van der Waals surface area contributed by atoms with Crippen LogP contribution in [0.3, 0.4) is 0 Å². The lowest BCUT2D eigenvalue weighted by atomic mass is 10.3. The van der Waals surface area contributed by atoms with Crippen LogP contribution in [0.25, 0.3) is 0 Å². The van der Waals surface area contributed by atoms with Crippen LogP contribution in [-0.4, -0.2) is 15.5 Å². The van der Waals surface area contributed by atoms with Crippen molar-refractivity contribution >= 4 is 32.7 Å². The van der Waals surface area contributed by atoms with Gasteiger partial charge in [0.1, 0.15) is 4.90 Å². The molecule has 116 valence electrons. The van der Waals surface area contributed by atoms with Crippen LogP contribution >= 0.6 is 22.7 Å². The topological polar surface area (TPSA) is 58.2 Å². The Kier molecular flexibility index (Phi) is 5.56. The number of aryl methyl sites for hydroxylation is 2. The number of thiophene rings is 2. The van der Waals surface area contributed by atoms with Gasteiger partial charge < -0.3 is 5.32 Å². The minimum absolute atomic E-state index is 0.348. The first-order valence-corrected chi connectivity index (χ1v) is 9.94. The van der Waals surface area contributed by atoms with Gasteiger partial charge in [0.2, 0.25) is 10.0 Å². The third kappa shape index (κ3) is 3.92. The molecule has 0 aliphatic rings. The zero-order chi connectivity index (χ0) is 15.5. The highest BCUT2D eigenvalue weighted by molar-refractivity contribution is 7.89. The van der Waals surface area contributed by atoms with Gasteiger partial charge in [-0.25, -0.2) is 13.1 Å². The van der Waals surface area contributed by atoms with Crippen LogP contribution in [-0.2, 0) is 29.5 Å². The monoisotopic (exact) mass is 344 g/mol. The predicted molar refractivity (Wildman–Crippen MR) is 89.5 cm³/mol. The van der Waals surface area contributed by atoms with Gasteiger partial charge in [0.05, 0.1) is 0 Å². The maximum atomic E-state index is 12.5. The first-order valence-electron chi connectivity index (χ1n) is 6.76. The summed E-state index contributed by atoms with van der Waals surface area (Å²) >= 11 is 3.13. The van der Waals surface area contributed by atoms with Gasteiger partial charge in [0, 0.05) is 27.7 Å². The van der Waals surface area contributed by atoms with E-state index in [-0.39, 0.29) is 0 Å². The molecule has 2 N–H and O–H groups in total. The van der Waals surface area contributed by atoms with Gasteiger partial charge in [-0.05, 0) is 43.5 Å². The highest BCUT2D eigenvalue weighted by Gasteiger charge is 2.22. The Balaban J connectivity index is 2.16. The summed E-state index contributed by atoms with van der Waals surface area (Å²) in [6, 6.07) is 4.04. The molecule has 0 unspecified atom stereocenters. The van der Waals surface area contributed by atoms with E-state index in [4.69, 9.17) is 0 Å². The van der Waals surface area contributed by atoms with Crippen molar-refractivity contribution in [1.82, 2.24) is 10.0 Å². The molecule has 0 saturated carbocycles. The zero-order valence-electron chi connectivity index (χ0n) is 12.4. The van der Waals surface area contributed by atoms with Crippen LogP contribution in [0.5, 0.6) is 0 Å². The van der Waals surface area contributed by atoms with E-state index in [1.807, 2.05) is 25.4 Å². The number of rotatable bonds is 7. The molecular weight excluding hydrogens is 324 g/mol. The van der Waals surface area contributed by atoms with Gasteiger partial charge in [0.25, 0.3) is 0 Å². The number of hydrogen-bond donors (Lipinski definition) is 2. The Bertz CT molecular complexity index is 702. The van der Waals surface area contributed by atoms with Crippen LogP contribution in [0.1, 0.15) is 27.1 Å². The summed E-state index contributed by atoms with van der Waals surface area (Å²) in [6.07, 6.45) is 0.980. The van der Waals surface area contributed by atoms with Crippen molar-refractivity contribution in [2.45, 2.75) is 38.3 Å². The second-order valence-electron chi connectivity index (χ2n) is 4.75. The third-order valence-electron chi connectivity index (χ3n) is 3.10. The van der Waals surface area contributed by atoms with E-state index in [2.05, 4.69) is 23.0 Å². The molecule has 0 atom stereocenters. The molecule has 7 heteroatoms. The van der Waals surface area contributed by atoms with Crippen molar-refractivity contribution < 1.29 is 8.42 Å². The molecule has 4 nitrogen and oxygen atoms in total. The molecule has 21 heavy (non-hydrogen) atoms. The molecule has 2 aromatic heterocycles. The predicted octanol–water partition coefficient (Wildman–Crippen LogP) is 2.88. The zero-order valence-corrected chi connectivity index (χ0v) is 14.8. The summed E-state index contributed by atoms with van der Waals surface area (Å²) in [5, 5.41) is 4.91. The van der Waals surface area contributed by atoms with E-state index in [9.17, 15) is 8.42 Å². The summed E-state index contributed by atoms with van der Waals surface area (Å²) < 4.78 is 27.8. The quantitative estimate of drug-likeness (QED) is 0.812. The molecule has 0 fully saturated rings. The van der Waals surface area contributed by atoms with Crippen molar-refractivity contribution in [2.75, 3.05) is 7.05 Å². The van der Waals surface area contributed by atoms with E-state index in [0.29, 0.717) is 18.0 Å². The van der Waals surface area contributed by atoms with Crippen LogP contribution < -0.4 is 10.0 Å². The minimum Gasteiger partial charge on any atom is -0.315 e. The summed E-state index contributed by atoms with van der Waals surface area (Å²) in [5.74, 6) is 0. The van der Waals surface area contributed by atoms with Crippen molar-refractivity contribution in [2.24, 2.45) is 0 Å². The van der Waals surface area contributed by atoms with Gasteiger partial charge in [-0.1, -0.05) is 6.92 Å². The second-order valence-corrected chi connectivity index (χ2v) is 8.67. The Morgan fingerprint density at radius 3 is 2.52 bits per heavy atom. The first kappa shape index (κ1) is 16.6. The molecule has 0 aliphatic heterocycles. The highest BCUT2D eigenvalue weighted by atomic mass is 32.2. The fraction of sp³-hybridized carbons (Fsp3) is 0.429. The van der Waals surface area contributed by atoms with Crippen LogP contribution in [0, 0.1) is 6.92 Å². The van der Waals surface area contributed by atoms with E-state index in [1.165, 1.54) is 16.2 Å². The lowest BCUT2D eigenvalue weighted by Gasteiger charge is -2.08. The fourth-order valence-corrected chi connectivity index (χ4v) is 5.89. The molecule has 2 aromatic rings. The van der Waals surface area contributed by atoms with E-state index >= 15 is 0 Å². The van der Waals surface area contributed by atoms with Crippen LogP contribution in [0.2, 0.25) is 0 Å². The molecule has 2 heterocycles. The summed E-state index contributed by atoms with van der Waals surface area (Å²) in [6.45, 7) is 4.85. The summed E-state index contributed by atoms with van der Waals surface area (Å²) in [5.41, 5.74) is 0.804. The van der Waals surface area contributed by atoms with Gasteiger partial charge in [-0.3, -0.25) is 0 Å². The van der Waals surface area contributed by atoms with Crippen molar-refractivity contribution in [3.8, 4) is 0 Å². The molecular formula is C14H20N2O2S3. The average Bonchev–Trinajstić information content (AvgIpc) is 3.04. The van der Waals surface area contributed by atoms with Crippen molar-refractivity contribution in [3.05, 3.63) is 37.7 Å². The number of hydrogen-bond acceptors (Lipinski definition) is 5. The normalized spacial score (nSPS) is 12.0. The van der Waals surface area contributed by atoms with Gasteiger partial charge >= 0.3 is 0 Å². The smallest absolute Gasteiger partial charge is 0.242 e. The molecule has 0 saturated heterocycles. The Hall–Kier alpha value is -0.730. The number of nitrogens with one attached hydrogen (secondary N) is 2. The molecule has 0 aliphatic carbocycles. The molecule has 0 spiro atoms. The average molecular weight is 345 g/mol. The fourth-order valence-electron chi connectivity index (χ4n) is 2.08. The molecule has 0 bridgehead atoms. The Morgan fingerprint density at radius 2 is 1.90 bits per heavy atom. The lowest BCUT2D eigenvalue weighted by molar-refractivity contribution is 0.580. The highest BCUT2D eigenvalue weighted by Crippen LogP contribution is 2.27. The van der Waals surface area contributed by atoms with E-state index in [0.717, 1.165) is 21.7 Å². The Labute approximate surface area is 134 Å². The third-order valence-corrected chi connectivity index (χ3v) is 7.19. The van der Waals surface area contributed by atoms with Crippen LogP contribution in [0.15, 0.2) is 22.4 Å². The van der Waals surface area contributed by atoms with Crippen molar-refractivity contribution in [3.63, 3.8) is 0 Å². The van der Waals surface area contributed by atoms with Gasteiger partial charge in [-0.15, -0.1) is 22.7 Å². The largest absolute Gasteiger partial charge is 0.315 e. The second kappa shape index (κ2) is 7.02. The summed E-state index contributed by atoms with van der Waals surface area (Å²) in [7, 11) is -1.65. The van der Waals surface area contributed by atoms with Gasteiger partial charge in [-0.2, -0.15) is 0 Å². The van der Waals surface area contributed by atoms with E-state index < -0.39 is 10.0 Å². The van der Waals surface area contributed by atoms with Crippen LogP contribution in [0.4, 0.5) is 0 Å². The van der Waals surface area contributed by atoms with Gasteiger partial charge in [0.15, 0.2) is 0 Å². The molecule has 2 rings (SSSR count). The maximum Gasteiger partial charge on any atom is 0.242 e. The Morgan fingerprint density at radius 1 is 1.19 bits per heavy atom. The SMILES string of the molecule is CCc1ccc(CNS(=O)(=O)c2c(C)csc2CNC)s1. The lowest BCUT2D eigenvalue weighted by Crippen LogP contribution is -2.24. The maximum absolute atomic E-state index is 12.5. The minimum atomic E-state index is -3.47. The first-order chi connectivity index (χ1) is 9.97. The standard InChI is InChI=1S/C14H20N2O2S3/c1-4-11-5-6-12(20-11)7-16-21(17,18)14-10(2)9-19-13(14)8-15-3/h5-6,9,15-16H,4,7-8H2,1-3H3. The summed E-state index contributed by atoms with van der Waals surface area (Å²) in [4.78, 5) is 3.59.